The number of amides is 2. The number of hydrogen-bond donors (Lipinski definition) is 2. The predicted molar refractivity (Wildman–Crippen MR) is 76.4 cm³/mol. The van der Waals surface area contributed by atoms with E-state index in [1.54, 1.807) is 4.90 Å². The molecule has 1 fully saturated rings. The van der Waals surface area contributed by atoms with Crippen molar-refractivity contribution in [1.29, 1.82) is 0 Å². The van der Waals surface area contributed by atoms with Crippen molar-refractivity contribution < 1.29 is 19.4 Å². The third-order valence-electron chi connectivity index (χ3n) is 3.09. The number of carbonyl (C=O) groups excluding carboxylic acids is 1. The highest BCUT2D eigenvalue weighted by molar-refractivity contribution is 5.90. The van der Waals surface area contributed by atoms with Gasteiger partial charge in [-0.1, -0.05) is 0 Å². The van der Waals surface area contributed by atoms with Gasteiger partial charge in [-0.15, -0.1) is 0 Å². The van der Waals surface area contributed by atoms with Gasteiger partial charge in [-0.3, -0.25) is 0 Å². The average molecular weight is 293 g/mol. The lowest BCUT2D eigenvalue weighted by Crippen LogP contribution is -2.54. The van der Waals surface area contributed by atoms with Crippen LogP contribution in [0.25, 0.3) is 0 Å². The number of carbonyl (C=O) groups is 2. The molecule has 0 spiro atoms. The van der Waals surface area contributed by atoms with Crippen molar-refractivity contribution in [2.24, 2.45) is 0 Å². The predicted octanol–water partition coefficient (Wildman–Crippen LogP) is 1.81. The molecule has 114 valence electrons. The van der Waals surface area contributed by atoms with Crippen LogP contribution in [0, 0.1) is 0 Å². The number of carboxylic acid groups (broad SMARTS) is 1. The molecule has 1 aromatic rings. The Bertz CT molecular complexity index is 542. The number of carboxylic acids is 1. The number of pyridine rings is 1. The Balaban J connectivity index is 2.02. The van der Waals surface area contributed by atoms with Gasteiger partial charge in [0.15, 0.2) is 0 Å². The first kappa shape index (κ1) is 15.2. The van der Waals surface area contributed by atoms with Crippen LogP contribution in [0.4, 0.5) is 10.5 Å². The lowest BCUT2D eigenvalue weighted by atomic mass is 10.1. The lowest BCUT2D eigenvalue weighted by molar-refractivity contribution is -0.116. The van der Waals surface area contributed by atoms with Crippen LogP contribution < -0.4 is 5.32 Å². The number of nitrogens with zero attached hydrogens (tertiary/aromatic N) is 2. The third kappa shape index (κ3) is 3.91. The number of nitrogens with one attached hydrogen (secondary N) is 1. The van der Waals surface area contributed by atoms with Crippen LogP contribution in [0.2, 0.25) is 0 Å². The van der Waals surface area contributed by atoms with Gasteiger partial charge in [0.25, 0.3) is 0 Å². The zero-order chi connectivity index (χ0) is 15.6. The van der Waals surface area contributed by atoms with Gasteiger partial charge in [-0.25, -0.2) is 14.6 Å². The maximum absolute atomic E-state index is 12.2. The normalized spacial score (nSPS) is 20.9. The molecule has 2 N–H and O–H groups in total. The van der Waals surface area contributed by atoms with E-state index in [1.807, 2.05) is 20.8 Å². The van der Waals surface area contributed by atoms with Crippen LogP contribution in [0.3, 0.4) is 0 Å². The van der Waals surface area contributed by atoms with E-state index in [4.69, 9.17) is 9.84 Å². The fourth-order valence-electron chi connectivity index (χ4n) is 2.41. The van der Waals surface area contributed by atoms with Crippen LogP contribution in [0.5, 0.6) is 0 Å². The van der Waals surface area contributed by atoms with E-state index in [2.05, 4.69) is 10.3 Å². The van der Waals surface area contributed by atoms with Crippen LogP contribution in [0.1, 0.15) is 31.3 Å². The topological polar surface area (TPSA) is 91.8 Å². The highest BCUT2D eigenvalue weighted by Gasteiger charge is 2.33. The molecule has 1 aliphatic rings. The quantitative estimate of drug-likeness (QED) is 0.867. The summed E-state index contributed by atoms with van der Waals surface area (Å²) in [7, 11) is 0. The highest BCUT2D eigenvalue weighted by atomic mass is 16.5. The first-order valence-electron chi connectivity index (χ1n) is 6.70. The molecule has 0 aliphatic carbocycles. The number of anilines is 1. The zero-order valence-electron chi connectivity index (χ0n) is 12.3. The molecule has 1 saturated heterocycles. The van der Waals surface area contributed by atoms with Crippen molar-refractivity contribution in [2.45, 2.75) is 32.5 Å². The van der Waals surface area contributed by atoms with E-state index >= 15 is 0 Å². The molecule has 2 heterocycles. The number of urea groups is 1. The summed E-state index contributed by atoms with van der Waals surface area (Å²) < 4.78 is 5.75. The Hall–Kier alpha value is -2.15. The Morgan fingerprint density at radius 1 is 1.48 bits per heavy atom. The molecule has 1 atom stereocenters. The summed E-state index contributed by atoms with van der Waals surface area (Å²) >= 11 is 0. The van der Waals surface area contributed by atoms with Crippen LogP contribution in [-0.4, -0.2) is 51.8 Å². The molecule has 0 saturated carbocycles. The highest BCUT2D eigenvalue weighted by Crippen LogP contribution is 2.21. The van der Waals surface area contributed by atoms with Gasteiger partial charge < -0.3 is 20.1 Å². The van der Waals surface area contributed by atoms with E-state index in [9.17, 15) is 9.59 Å². The summed E-state index contributed by atoms with van der Waals surface area (Å²) in [6.45, 7) is 6.79. The van der Waals surface area contributed by atoms with Crippen molar-refractivity contribution in [3.63, 3.8) is 0 Å². The van der Waals surface area contributed by atoms with Crippen molar-refractivity contribution >= 4 is 17.7 Å². The minimum atomic E-state index is -1.10. The fraction of sp³-hybridized carbons (Fsp3) is 0.500. The second kappa shape index (κ2) is 5.69. The summed E-state index contributed by atoms with van der Waals surface area (Å²) in [6, 6.07) is 2.62. The zero-order valence-corrected chi connectivity index (χ0v) is 12.3. The maximum atomic E-state index is 12.2. The van der Waals surface area contributed by atoms with E-state index in [0.717, 1.165) is 0 Å². The van der Waals surface area contributed by atoms with E-state index in [1.165, 1.54) is 18.3 Å². The van der Waals surface area contributed by atoms with E-state index in [0.29, 0.717) is 18.8 Å². The van der Waals surface area contributed by atoms with Crippen LogP contribution in [0.15, 0.2) is 18.3 Å². The Labute approximate surface area is 122 Å². The third-order valence-corrected chi connectivity index (χ3v) is 3.09. The fourth-order valence-corrected chi connectivity index (χ4v) is 2.41. The van der Waals surface area contributed by atoms with Crippen molar-refractivity contribution in [3.8, 4) is 0 Å². The number of hydrogen-bond acceptors (Lipinski definition) is 4. The van der Waals surface area contributed by atoms with E-state index < -0.39 is 5.97 Å². The molecule has 1 aliphatic heterocycles. The Morgan fingerprint density at radius 2 is 2.19 bits per heavy atom. The molecule has 7 heteroatoms. The summed E-state index contributed by atoms with van der Waals surface area (Å²) in [5, 5.41) is 11.5. The molecule has 1 aromatic heterocycles. The largest absolute Gasteiger partial charge is 0.477 e. The average Bonchev–Trinajstić information content (AvgIpc) is 2.36. The molecule has 7 nitrogen and oxygen atoms in total. The number of ether oxygens (including phenoxy) is 1. The van der Waals surface area contributed by atoms with Gasteiger partial charge in [-0.2, -0.15) is 0 Å². The van der Waals surface area contributed by atoms with Crippen molar-refractivity contribution in [1.82, 2.24) is 9.88 Å². The molecule has 2 rings (SSSR count). The molecule has 2 amide bonds. The summed E-state index contributed by atoms with van der Waals surface area (Å²) in [6.07, 6.45) is 1.29. The molecule has 1 unspecified atom stereocenters. The first-order chi connectivity index (χ1) is 9.77. The Kier molecular flexibility index (Phi) is 4.13. The van der Waals surface area contributed by atoms with Crippen LogP contribution >= 0.6 is 0 Å². The molecule has 0 bridgehead atoms. The smallest absolute Gasteiger partial charge is 0.354 e. The van der Waals surface area contributed by atoms with Gasteiger partial charge in [-0.05, 0) is 32.9 Å². The molecular formula is C14H19N3O4. The molecule has 21 heavy (non-hydrogen) atoms. The summed E-state index contributed by atoms with van der Waals surface area (Å²) in [4.78, 5) is 28.4. The standard InChI is InChI=1S/C14H19N3O4/c1-9-7-17(8-14(2,3)21-9)13(20)16-10-4-5-11(12(18)19)15-6-10/h4-6,9H,7-8H2,1-3H3,(H,16,20)(H,18,19). The molecular weight excluding hydrogens is 274 g/mol. The van der Waals surface area contributed by atoms with Gasteiger partial charge in [0.05, 0.1) is 30.1 Å². The van der Waals surface area contributed by atoms with Crippen molar-refractivity contribution in [2.75, 3.05) is 18.4 Å². The van der Waals surface area contributed by atoms with Gasteiger partial charge in [0, 0.05) is 6.54 Å². The maximum Gasteiger partial charge on any atom is 0.354 e. The van der Waals surface area contributed by atoms with Gasteiger partial charge in [0.2, 0.25) is 0 Å². The monoisotopic (exact) mass is 293 g/mol. The SMILES string of the molecule is CC1CN(C(=O)Nc2ccc(C(=O)O)nc2)CC(C)(C)O1. The lowest BCUT2D eigenvalue weighted by Gasteiger charge is -2.41. The number of aromatic nitrogens is 1. The van der Waals surface area contributed by atoms with Gasteiger partial charge >= 0.3 is 12.0 Å². The second-order valence-electron chi connectivity index (χ2n) is 5.74. The minimum Gasteiger partial charge on any atom is -0.477 e. The minimum absolute atomic E-state index is 0.0352. The Morgan fingerprint density at radius 3 is 2.71 bits per heavy atom. The first-order valence-corrected chi connectivity index (χ1v) is 6.70. The molecule has 0 radical (unpaired) electrons. The van der Waals surface area contributed by atoms with Crippen molar-refractivity contribution in [3.05, 3.63) is 24.0 Å². The van der Waals surface area contributed by atoms with Crippen LogP contribution in [-0.2, 0) is 4.74 Å². The molecule has 0 aromatic carbocycles. The summed E-state index contributed by atoms with van der Waals surface area (Å²) in [5.41, 5.74) is 0.0107. The number of rotatable bonds is 2. The second-order valence-corrected chi connectivity index (χ2v) is 5.74. The van der Waals surface area contributed by atoms with Gasteiger partial charge in [0.1, 0.15) is 5.69 Å². The summed E-state index contributed by atoms with van der Waals surface area (Å²) in [5.74, 6) is -1.10. The van der Waals surface area contributed by atoms with E-state index in [-0.39, 0.29) is 23.4 Å². The number of aromatic carboxylic acids is 1. The number of morpholine rings is 1.